The summed E-state index contributed by atoms with van der Waals surface area (Å²) in [6.45, 7) is 19.2. The minimum Gasteiger partial charge on any atom is -1.00 e. The summed E-state index contributed by atoms with van der Waals surface area (Å²) in [4.78, 5) is 94.9. The molecule has 6 atom stereocenters. The Hall–Kier alpha value is -7.46. The Balaban J connectivity index is 0.000000636. The first-order valence-corrected chi connectivity index (χ1v) is 38.2. The third-order valence-corrected chi connectivity index (χ3v) is 19.6. The number of pyridine rings is 8. The van der Waals surface area contributed by atoms with Crippen molar-refractivity contribution < 1.29 is 89.6 Å². The van der Waals surface area contributed by atoms with Gasteiger partial charge in [0.25, 0.3) is 0 Å². The van der Waals surface area contributed by atoms with E-state index in [1.807, 2.05) is 105 Å². The summed E-state index contributed by atoms with van der Waals surface area (Å²) in [7, 11) is 8.74. The quantitative estimate of drug-likeness (QED) is 0.0527. The number of nitrogens with one attached hydrogen (secondary N) is 1. The van der Waals surface area contributed by atoms with Gasteiger partial charge in [0, 0.05) is 181 Å². The first-order valence-electron chi connectivity index (χ1n) is 38.2. The maximum Gasteiger partial charge on any atom is 1.00 e. The first kappa shape index (κ1) is 102. The molecule has 0 spiro atoms. The second kappa shape index (κ2) is 59.2. The van der Waals surface area contributed by atoms with E-state index < -0.39 is 5.92 Å². The molecule has 7 saturated heterocycles. The molecule has 2 amide bonds. The van der Waals surface area contributed by atoms with Gasteiger partial charge in [-0.1, -0.05) is 63.9 Å². The maximum atomic E-state index is 12.0. The number of carbonyl (C=O) groups is 4. The number of hydrogen-bond acceptors (Lipinski definition) is 20. The fourth-order valence-electron chi connectivity index (χ4n) is 13.9. The van der Waals surface area contributed by atoms with Crippen LogP contribution < -0.4 is 69.5 Å². The van der Waals surface area contributed by atoms with E-state index in [4.69, 9.17) is 9.84 Å². The number of aliphatic imine (C=N–C) groups is 1. The molecule has 0 aromatic carbocycles. The van der Waals surface area contributed by atoms with Gasteiger partial charge < -0.3 is 26.4 Å². The van der Waals surface area contributed by atoms with E-state index in [0.29, 0.717) is 67.3 Å². The number of amides is 2. The van der Waals surface area contributed by atoms with E-state index in [1.54, 1.807) is 67.8 Å². The minimum absolute atomic E-state index is 0. The van der Waals surface area contributed by atoms with Crippen molar-refractivity contribution in [3.05, 3.63) is 266 Å². The summed E-state index contributed by atoms with van der Waals surface area (Å²) in [5.74, 6) is -0.992. The molecule has 16 heterocycles. The SMILES string of the molecule is C.C=CN1CCC(C(=O)c2cccnc2)C1=O.C=CN1CCCC1=O.CCOC(=O)c1cccnc1.CC[O-].CN1CCCC1c1cccnc1.CN1CCCC1c1cccnc1.CN1CCC[C@@H]1c1cccnc1.CN1CCC[C@H]1c1cccnc1.Cl.[B].[H-].[Na+].[Na+].c1cncc(C2=NCCC2)c1.c1cncc(C2CCCN2)c1. The van der Waals surface area contributed by atoms with Crippen LogP contribution in [0.1, 0.15) is 203 Å². The number of ether oxygens (including phenoxy) is 1. The number of ketones is 1. The van der Waals surface area contributed by atoms with Crippen molar-refractivity contribution in [3.63, 3.8) is 0 Å². The molecule has 8 aromatic rings. The molecule has 26 heteroatoms. The van der Waals surface area contributed by atoms with Gasteiger partial charge in [-0.2, -0.15) is 0 Å². The van der Waals surface area contributed by atoms with E-state index in [0.717, 1.165) is 32.5 Å². The second-order valence-corrected chi connectivity index (χ2v) is 27.1. The van der Waals surface area contributed by atoms with Crippen LogP contribution in [0.5, 0.6) is 0 Å². The van der Waals surface area contributed by atoms with Crippen LogP contribution in [0.25, 0.3) is 0 Å². The smallest absolute Gasteiger partial charge is 1.00 e. The van der Waals surface area contributed by atoms with Crippen LogP contribution in [0.15, 0.2) is 227 Å². The molecular weight excluding hydrogens is 1460 g/mol. The number of Topliss-reactive ketones (excluding diaryl/α,β-unsaturated/α-hetero) is 1. The third kappa shape index (κ3) is 35.3. The summed E-state index contributed by atoms with van der Waals surface area (Å²) in [6, 6.07) is 34.6. The third-order valence-electron chi connectivity index (χ3n) is 19.6. The molecule has 8 aliphatic heterocycles. The summed E-state index contributed by atoms with van der Waals surface area (Å²) in [5, 5.41) is 12.4. The van der Waals surface area contributed by atoms with Crippen LogP contribution in [0.3, 0.4) is 0 Å². The van der Waals surface area contributed by atoms with Gasteiger partial charge in [0.1, 0.15) is 5.92 Å². The van der Waals surface area contributed by atoms with Crippen molar-refractivity contribution in [2.75, 3.05) is 93.8 Å². The van der Waals surface area contributed by atoms with Crippen molar-refractivity contribution in [3.8, 4) is 0 Å². The van der Waals surface area contributed by atoms with E-state index in [9.17, 15) is 19.2 Å². The molecule has 595 valence electrons. The molecule has 4 unspecified atom stereocenters. The fourth-order valence-corrected chi connectivity index (χ4v) is 13.9. The van der Waals surface area contributed by atoms with Gasteiger partial charge in [-0.05, 0) is 259 Å². The van der Waals surface area contributed by atoms with E-state index in [1.165, 1.54) is 159 Å². The van der Waals surface area contributed by atoms with Gasteiger partial charge in [0.05, 0.1) is 12.2 Å². The molecule has 7 fully saturated rings. The van der Waals surface area contributed by atoms with E-state index in [-0.39, 0.29) is 119 Å². The number of rotatable bonds is 12. The summed E-state index contributed by atoms with van der Waals surface area (Å²) in [5.41, 5.74) is 10.2. The van der Waals surface area contributed by atoms with Crippen LogP contribution in [0.2, 0.25) is 0 Å². The Kier molecular flexibility index (Phi) is 53.3. The monoisotopic (exact) mass is 1580 g/mol. The number of halogens is 1. The molecule has 22 nitrogen and oxygen atoms in total. The van der Waals surface area contributed by atoms with Crippen LogP contribution in [0, 0.1) is 5.92 Å². The van der Waals surface area contributed by atoms with Gasteiger partial charge in [-0.3, -0.25) is 78.8 Å². The van der Waals surface area contributed by atoms with Crippen molar-refractivity contribution in [1.29, 1.82) is 0 Å². The maximum absolute atomic E-state index is 12.0. The number of carbonyl (C=O) groups excluding carboxylic acids is 4. The van der Waals surface area contributed by atoms with Crippen LogP contribution in [-0.2, 0) is 14.3 Å². The number of likely N-dealkylation sites (tertiary alicyclic amines) is 6. The largest absolute Gasteiger partial charge is 1.00 e. The number of esters is 1. The normalized spacial score (nSPS) is 19.6. The van der Waals surface area contributed by atoms with Crippen LogP contribution >= 0.6 is 12.4 Å². The van der Waals surface area contributed by atoms with Gasteiger partial charge >= 0.3 is 65.1 Å². The van der Waals surface area contributed by atoms with Gasteiger partial charge in [0.2, 0.25) is 11.8 Å². The molecule has 0 aliphatic carbocycles. The molecule has 0 saturated carbocycles. The Morgan fingerprint density at radius 1 is 0.496 bits per heavy atom. The van der Waals surface area contributed by atoms with Crippen LogP contribution in [-0.4, -0.2) is 201 Å². The van der Waals surface area contributed by atoms with Crippen molar-refractivity contribution >= 4 is 50.1 Å². The Morgan fingerprint density at radius 3 is 1.17 bits per heavy atom. The van der Waals surface area contributed by atoms with E-state index >= 15 is 0 Å². The van der Waals surface area contributed by atoms with E-state index in [2.05, 4.69) is 148 Å². The van der Waals surface area contributed by atoms with Gasteiger partial charge in [0.15, 0.2) is 5.78 Å². The average molecular weight is 1580 g/mol. The van der Waals surface area contributed by atoms with Crippen LogP contribution in [0.4, 0.5) is 0 Å². The van der Waals surface area contributed by atoms with Crippen molar-refractivity contribution in [1.82, 2.24) is 74.6 Å². The van der Waals surface area contributed by atoms with Crippen molar-refractivity contribution in [2.24, 2.45) is 10.9 Å². The van der Waals surface area contributed by atoms with Gasteiger partial charge in [-0.25, -0.2) is 4.79 Å². The number of hydrogen-bond donors (Lipinski definition) is 1. The fraction of sp³-hybridized carbons (Fsp3) is 0.437. The molecule has 8 aliphatic rings. The number of nitrogens with zero attached hydrogens (tertiary/aromatic N) is 15. The second-order valence-electron chi connectivity index (χ2n) is 27.1. The molecule has 1 N–H and O–H groups in total. The zero-order chi connectivity index (χ0) is 76.9. The molecule has 8 aromatic heterocycles. The minimum atomic E-state index is -0.567. The molecule has 0 bridgehead atoms. The molecule has 16 rings (SSSR count). The molecule has 113 heavy (non-hydrogen) atoms. The predicted molar refractivity (Wildman–Crippen MR) is 446 cm³/mol. The zero-order valence-corrected chi connectivity index (χ0v) is 72.1. The Morgan fingerprint density at radius 2 is 0.885 bits per heavy atom. The van der Waals surface area contributed by atoms with Gasteiger partial charge in [-0.15, -0.1) is 19.0 Å². The summed E-state index contributed by atoms with van der Waals surface area (Å²) in [6.07, 6.45) is 49.4. The Labute approximate surface area is 727 Å². The zero-order valence-electron chi connectivity index (χ0n) is 68.3. The molecule has 3 radical (unpaired) electrons. The average Bonchev–Trinajstić information content (AvgIpc) is 1.66. The summed E-state index contributed by atoms with van der Waals surface area (Å²) >= 11 is 0. The topological polar surface area (TPSA) is 248 Å². The Bertz CT molecular complexity index is 3660. The summed E-state index contributed by atoms with van der Waals surface area (Å²) < 4.78 is 4.75. The number of aromatic nitrogens is 8. The standard InChI is InChI=1S/C12H12N2O2.4C10H14N2.C9H12N2.C9H10N2.C8H9NO2.C6H9NO.C2H5O.CH4.B.ClH.2Na.H/c1-2-14-7-5-10(12(14)16)11(15)9-4-3-6-13-8-9;4*1-12-7-3-5-10(12)9-4-2-6-11-8-9;2*1-3-8(7-10-5-1)9-4-2-6-11-9;1-2-11-8(10)7-4-3-5-9-6-7;1-2-7-5-3-4-6(7)8;1-2-3;;;;;;/h2-4,6,8,10H,1,5,7H2;4*2,4,6,8,10H,3,5,7H2,1H3;1,3,5,7,9,11H,2,4,6H2;1,3,5,7H,2,4,6H2;3-6H,2H2,1H3;2H,1,3-5H2;2H2,1H3;1H4;;1H;;;/q;;;;;;;;;-1;;;;2*+1;-1/t;2*10-;;;;;;;;;;;;;/m.10............./s1. The first-order chi connectivity index (χ1) is 52.8. The molecular formula is C87H119BClN16Na2O6. The predicted octanol–water partition coefficient (Wildman–Crippen LogP) is 7.99. The van der Waals surface area contributed by atoms with Crippen molar-refractivity contribution in [2.45, 2.75) is 148 Å².